The molecule has 1 unspecified atom stereocenters. The fraction of sp³-hybridized carbons (Fsp3) is 0.464. The van der Waals surface area contributed by atoms with Crippen molar-refractivity contribution in [3.05, 3.63) is 65.0 Å². The molecule has 0 aliphatic heterocycles. The molecule has 0 saturated heterocycles. The Balaban J connectivity index is 1.62. The van der Waals surface area contributed by atoms with Crippen LogP contribution in [0.3, 0.4) is 0 Å². The molecule has 1 aliphatic rings. The first-order valence-corrected chi connectivity index (χ1v) is 14.3. The third kappa shape index (κ3) is 6.97. The quantitative estimate of drug-likeness (QED) is 0.374. The lowest BCUT2D eigenvalue weighted by Gasteiger charge is -2.21. The van der Waals surface area contributed by atoms with E-state index in [1.165, 1.54) is 32.1 Å². The van der Waals surface area contributed by atoms with Crippen molar-refractivity contribution < 1.29 is 14.7 Å². The molecule has 4 rings (SSSR count). The molecule has 1 saturated carbocycles. The van der Waals surface area contributed by atoms with Gasteiger partial charge >= 0.3 is 5.97 Å². The highest BCUT2D eigenvalue weighted by Crippen LogP contribution is 2.29. The summed E-state index contributed by atoms with van der Waals surface area (Å²) in [6, 6.07) is 12.7. The summed E-state index contributed by atoms with van der Waals surface area (Å²) in [6.07, 6.45) is 9.11. The van der Waals surface area contributed by atoms with E-state index in [-0.39, 0.29) is 5.91 Å². The van der Waals surface area contributed by atoms with Crippen molar-refractivity contribution in [3.63, 3.8) is 0 Å². The number of carboxylic acids is 1. The first kappa shape index (κ1) is 26.9. The van der Waals surface area contributed by atoms with Gasteiger partial charge in [-0.2, -0.15) is 11.8 Å². The van der Waals surface area contributed by atoms with Gasteiger partial charge < -0.3 is 10.4 Å². The SMILES string of the molecule is CSCCC(NC(=O)c1ccc(Cc2nnnn2CC2CCCCC2)cc1-c1ccccc1C)C(=O)O. The van der Waals surface area contributed by atoms with Crippen molar-refractivity contribution in [2.75, 3.05) is 12.0 Å². The topological polar surface area (TPSA) is 110 Å². The number of carbonyl (C=O) groups excluding carboxylic acids is 1. The first-order chi connectivity index (χ1) is 18.0. The predicted molar refractivity (Wildman–Crippen MR) is 146 cm³/mol. The molecule has 196 valence electrons. The third-order valence-corrected chi connectivity index (χ3v) is 7.75. The van der Waals surface area contributed by atoms with Gasteiger partial charge in [0.15, 0.2) is 5.82 Å². The lowest BCUT2D eigenvalue weighted by molar-refractivity contribution is -0.139. The highest BCUT2D eigenvalue weighted by Gasteiger charge is 2.23. The van der Waals surface area contributed by atoms with E-state index >= 15 is 0 Å². The standard InChI is InChI=1S/C28H35N5O3S/c1-19-8-6-7-11-22(19)24-16-21(12-13-23(24)27(34)29-25(28(35)36)14-15-37-2)17-26-30-31-32-33(26)18-20-9-4-3-5-10-20/h6-8,11-13,16,20,25H,3-5,9-10,14-15,17-18H2,1-2H3,(H,29,34)(H,35,36). The summed E-state index contributed by atoms with van der Waals surface area (Å²) in [6.45, 7) is 2.84. The van der Waals surface area contributed by atoms with E-state index in [0.29, 0.717) is 30.1 Å². The number of hydrogen-bond acceptors (Lipinski definition) is 6. The molecule has 0 spiro atoms. The van der Waals surface area contributed by atoms with Gasteiger partial charge in [-0.1, -0.05) is 49.6 Å². The zero-order valence-electron chi connectivity index (χ0n) is 21.5. The largest absolute Gasteiger partial charge is 0.480 e. The molecular weight excluding hydrogens is 486 g/mol. The second-order valence-electron chi connectivity index (χ2n) is 9.80. The molecule has 37 heavy (non-hydrogen) atoms. The first-order valence-electron chi connectivity index (χ1n) is 12.9. The van der Waals surface area contributed by atoms with Crippen LogP contribution in [0.2, 0.25) is 0 Å². The fourth-order valence-corrected chi connectivity index (χ4v) is 5.49. The molecule has 0 bridgehead atoms. The van der Waals surface area contributed by atoms with Gasteiger partial charge in [-0.3, -0.25) is 4.79 Å². The van der Waals surface area contributed by atoms with Crippen molar-refractivity contribution in [1.29, 1.82) is 0 Å². The molecule has 9 heteroatoms. The maximum absolute atomic E-state index is 13.3. The number of nitrogens with zero attached hydrogens (tertiary/aromatic N) is 4. The Labute approximate surface area is 222 Å². The number of amides is 1. The van der Waals surface area contributed by atoms with Crippen LogP contribution < -0.4 is 5.32 Å². The average molecular weight is 522 g/mol. The number of tetrazole rings is 1. The van der Waals surface area contributed by atoms with E-state index in [2.05, 4.69) is 20.8 Å². The normalized spacial score (nSPS) is 14.9. The Bertz CT molecular complexity index is 1220. The van der Waals surface area contributed by atoms with Gasteiger partial charge in [0.25, 0.3) is 5.91 Å². The molecule has 1 aromatic heterocycles. The van der Waals surface area contributed by atoms with Crippen molar-refractivity contribution in [2.45, 2.75) is 64.5 Å². The number of carbonyl (C=O) groups is 2. The highest BCUT2D eigenvalue weighted by molar-refractivity contribution is 7.98. The van der Waals surface area contributed by atoms with Gasteiger partial charge in [-0.05, 0) is 88.9 Å². The monoisotopic (exact) mass is 521 g/mol. The molecule has 3 aromatic rings. The molecule has 1 heterocycles. The number of rotatable bonds is 11. The van der Waals surface area contributed by atoms with Gasteiger partial charge in [-0.15, -0.1) is 5.10 Å². The molecule has 1 atom stereocenters. The fourth-order valence-electron chi connectivity index (χ4n) is 5.01. The van der Waals surface area contributed by atoms with Crippen molar-refractivity contribution in [1.82, 2.24) is 25.5 Å². The van der Waals surface area contributed by atoms with Gasteiger partial charge in [0, 0.05) is 18.5 Å². The Morgan fingerprint density at radius 3 is 2.65 bits per heavy atom. The van der Waals surface area contributed by atoms with E-state index in [1.807, 2.05) is 54.3 Å². The Morgan fingerprint density at radius 1 is 1.14 bits per heavy atom. The van der Waals surface area contributed by atoms with E-state index in [4.69, 9.17) is 0 Å². The van der Waals surface area contributed by atoms with Gasteiger partial charge in [0.2, 0.25) is 0 Å². The van der Waals surface area contributed by atoms with Crippen LogP contribution in [0.1, 0.15) is 65.8 Å². The Morgan fingerprint density at radius 2 is 1.92 bits per heavy atom. The Hall–Kier alpha value is -3.20. The van der Waals surface area contributed by atoms with Crippen molar-refractivity contribution >= 4 is 23.6 Å². The number of aryl methyl sites for hydroxylation is 1. The third-order valence-electron chi connectivity index (χ3n) is 7.10. The van der Waals surface area contributed by atoms with E-state index in [9.17, 15) is 14.7 Å². The van der Waals surface area contributed by atoms with Crippen LogP contribution in [-0.4, -0.2) is 55.2 Å². The van der Waals surface area contributed by atoms with Crippen LogP contribution in [0.25, 0.3) is 11.1 Å². The minimum Gasteiger partial charge on any atom is -0.480 e. The lowest BCUT2D eigenvalue weighted by atomic mass is 9.89. The van der Waals surface area contributed by atoms with E-state index < -0.39 is 12.0 Å². The molecule has 1 amide bonds. The number of aliphatic carboxylic acids is 1. The van der Waals surface area contributed by atoms with Crippen LogP contribution in [0.15, 0.2) is 42.5 Å². The molecule has 0 radical (unpaired) electrons. The van der Waals surface area contributed by atoms with Crippen LogP contribution in [0, 0.1) is 12.8 Å². The van der Waals surface area contributed by atoms with Crippen LogP contribution in [0.4, 0.5) is 0 Å². The number of thioether (sulfide) groups is 1. The predicted octanol–water partition coefficient (Wildman–Crippen LogP) is 4.76. The number of carboxylic acid groups (broad SMARTS) is 1. The van der Waals surface area contributed by atoms with Gasteiger partial charge in [-0.25, -0.2) is 9.48 Å². The van der Waals surface area contributed by atoms with Crippen LogP contribution >= 0.6 is 11.8 Å². The Kier molecular flexibility index (Phi) is 9.33. The van der Waals surface area contributed by atoms with Gasteiger partial charge in [0.05, 0.1) is 0 Å². The van der Waals surface area contributed by atoms with Crippen LogP contribution in [-0.2, 0) is 17.8 Å². The summed E-state index contributed by atoms with van der Waals surface area (Å²) in [4.78, 5) is 25.1. The highest BCUT2D eigenvalue weighted by atomic mass is 32.2. The minimum atomic E-state index is -1.03. The zero-order valence-corrected chi connectivity index (χ0v) is 22.3. The molecule has 2 N–H and O–H groups in total. The van der Waals surface area contributed by atoms with Crippen LogP contribution in [0.5, 0.6) is 0 Å². The van der Waals surface area contributed by atoms with Gasteiger partial charge in [0.1, 0.15) is 6.04 Å². The summed E-state index contributed by atoms with van der Waals surface area (Å²) in [5, 5.41) is 24.8. The number of nitrogens with one attached hydrogen (secondary N) is 1. The summed E-state index contributed by atoms with van der Waals surface area (Å²) in [5.41, 5.74) is 4.19. The number of hydrogen-bond donors (Lipinski definition) is 2. The minimum absolute atomic E-state index is 0.365. The second-order valence-corrected chi connectivity index (χ2v) is 10.8. The summed E-state index contributed by atoms with van der Waals surface area (Å²) in [7, 11) is 0. The zero-order chi connectivity index (χ0) is 26.2. The van der Waals surface area contributed by atoms with Crippen molar-refractivity contribution in [3.8, 4) is 11.1 Å². The second kappa shape index (κ2) is 12.9. The van der Waals surface area contributed by atoms with E-state index in [0.717, 1.165) is 34.6 Å². The molecule has 1 aliphatic carbocycles. The number of aromatic nitrogens is 4. The molecule has 2 aromatic carbocycles. The van der Waals surface area contributed by atoms with E-state index in [1.54, 1.807) is 17.8 Å². The summed E-state index contributed by atoms with van der Waals surface area (Å²) in [5.74, 6) is 0.650. The summed E-state index contributed by atoms with van der Waals surface area (Å²) >= 11 is 1.55. The lowest BCUT2D eigenvalue weighted by Crippen LogP contribution is -2.41. The average Bonchev–Trinajstić information content (AvgIpc) is 3.33. The molecule has 1 fully saturated rings. The molecular formula is C28H35N5O3S. The smallest absolute Gasteiger partial charge is 0.326 e. The van der Waals surface area contributed by atoms with Crippen molar-refractivity contribution in [2.24, 2.45) is 5.92 Å². The maximum Gasteiger partial charge on any atom is 0.326 e. The maximum atomic E-state index is 13.3. The number of benzene rings is 2. The molecule has 8 nitrogen and oxygen atoms in total. The summed E-state index contributed by atoms with van der Waals surface area (Å²) < 4.78 is 1.92.